The largest absolute Gasteiger partial charge is 0.547 e. The highest BCUT2D eigenvalue weighted by molar-refractivity contribution is 5.68. The fraction of sp³-hybridized carbons (Fsp3) is 0.818. The number of rotatable bonds is 15. The van der Waals surface area contributed by atoms with Gasteiger partial charge in [0.1, 0.15) is 12.4 Å². The summed E-state index contributed by atoms with van der Waals surface area (Å²) in [6.07, 6.45) is 22.1. The minimum Gasteiger partial charge on any atom is -0.547 e. The van der Waals surface area contributed by atoms with Crippen molar-refractivity contribution in [2.24, 2.45) is 0 Å². The lowest BCUT2D eigenvalue weighted by Crippen LogP contribution is -2.32. The molecular weight excluding hydrogens is 340 g/mol. The van der Waals surface area contributed by atoms with Gasteiger partial charge in [0.25, 0.3) is 0 Å². The first kappa shape index (κ1) is 25.6. The van der Waals surface area contributed by atoms with Crippen LogP contribution in [0.1, 0.15) is 97.8 Å². The Kier molecular flexibility index (Phi) is 17.1. The number of nitrogens with zero attached hydrogens (tertiary/aromatic N) is 2. The van der Waals surface area contributed by atoms with Crippen molar-refractivity contribution in [3.63, 3.8) is 0 Å². The number of carbonyl (C=O) groups excluding carboxylic acids is 1. The van der Waals surface area contributed by atoms with Crippen LogP contribution in [0.2, 0.25) is 0 Å². The molecule has 1 aromatic heterocycles. The van der Waals surface area contributed by atoms with Crippen molar-refractivity contribution in [2.45, 2.75) is 117 Å². The van der Waals surface area contributed by atoms with Crippen LogP contribution in [-0.4, -0.2) is 21.7 Å². The molecule has 5 heteroatoms. The summed E-state index contributed by atoms with van der Waals surface area (Å²) in [7, 11) is 0. The van der Waals surface area contributed by atoms with Gasteiger partial charge in [-0.3, -0.25) is 0 Å². The van der Waals surface area contributed by atoms with Crippen LogP contribution in [0.5, 0.6) is 0 Å². The van der Waals surface area contributed by atoms with Crippen LogP contribution >= 0.6 is 0 Å². The molecule has 0 saturated heterocycles. The summed E-state index contributed by atoms with van der Waals surface area (Å²) in [5, 5.41) is 17.3. The molecule has 27 heavy (non-hydrogen) atoms. The van der Waals surface area contributed by atoms with Crippen LogP contribution in [0.15, 0.2) is 18.7 Å². The number of carboxylic acid groups (broad SMARTS) is 1. The van der Waals surface area contributed by atoms with E-state index < -0.39 is 12.1 Å². The van der Waals surface area contributed by atoms with Crippen molar-refractivity contribution in [3.05, 3.63) is 18.7 Å². The summed E-state index contributed by atoms with van der Waals surface area (Å²) in [5.74, 6) is -1.44. The fourth-order valence-corrected chi connectivity index (χ4v) is 2.83. The molecule has 0 amide bonds. The Morgan fingerprint density at radius 2 is 1.44 bits per heavy atom. The van der Waals surface area contributed by atoms with Gasteiger partial charge in [-0.1, -0.05) is 71.6 Å². The number of imidazole rings is 1. The third-order valence-electron chi connectivity index (χ3n) is 4.63. The van der Waals surface area contributed by atoms with Crippen molar-refractivity contribution in [2.75, 3.05) is 0 Å². The van der Waals surface area contributed by atoms with Crippen LogP contribution in [0.4, 0.5) is 0 Å². The summed E-state index contributed by atoms with van der Waals surface area (Å²) in [6.45, 7) is 8.03. The second kappa shape index (κ2) is 18.0. The maximum absolute atomic E-state index is 9.34. The SMILES string of the molecule is CC(O)C(=O)[O-].CCCCCCCCCCCC[n+]1ccn(CCCC)c1. The minimum atomic E-state index is -1.44. The zero-order chi connectivity index (χ0) is 20.3. The predicted octanol–water partition coefficient (Wildman–Crippen LogP) is 3.61. The van der Waals surface area contributed by atoms with Crippen molar-refractivity contribution in [3.8, 4) is 0 Å². The number of aryl methyl sites for hydroxylation is 2. The van der Waals surface area contributed by atoms with E-state index in [4.69, 9.17) is 5.11 Å². The average molecular weight is 383 g/mol. The molecule has 0 radical (unpaired) electrons. The molecule has 1 aromatic rings. The van der Waals surface area contributed by atoms with Crippen molar-refractivity contribution in [1.82, 2.24) is 4.57 Å². The minimum absolute atomic E-state index is 1.13. The molecule has 5 nitrogen and oxygen atoms in total. The third kappa shape index (κ3) is 16.5. The Morgan fingerprint density at radius 1 is 0.963 bits per heavy atom. The lowest BCUT2D eigenvalue weighted by atomic mass is 10.1. The number of carboxylic acids is 1. The quantitative estimate of drug-likeness (QED) is 0.372. The monoisotopic (exact) mass is 382 g/mol. The molecule has 1 N–H and O–H groups in total. The molecule has 1 rings (SSSR count). The predicted molar refractivity (Wildman–Crippen MR) is 108 cm³/mol. The number of aliphatic carboxylic acids is 1. The van der Waals surface area contributed by atoms with E-state index in [1.165, 1.54) is 90.1 Å². The van der Waals surface area contributed by atoms with Crippen LogP contribution in [0.3, 0.4) is 0 Å². The van der Waals surface area contributed by atoms with Gasteiger partial charge in [-0.15, -0.1) is 0 Å². The van der Waals surface area contributed by atoms with E-state index in [-0.39, 0.29) is 0 Å². The number of aliphatic hydroxyl groups is 1. The molecule has 0 aliphatic heterocycles. The Labute approximate surface area is 166 Å². The first-order valence-corrected chi connectivity index (χ1v) is 10.9. The summed E-state index contributed by atoms with van der Waals surface area (Å²) in [4.78, 5) is 9.34. The molecular formula is C22H42N2O3. The van der Waals surface area contributed by atoms with Gasteiger partial charge in [-0.25, -0.2) is 9.13 Å². The summed E-state index contributed by atoms with van der Waals surface area (Å²) in [6, 6.07) is 0. The van der Waals surface area contributed by atoms with E-state index in [9.17, 15) is 9.90 Å². The standard InChI is InChI=1S/C19H37N2.C3H6O3/c1-3-5-7-8-9-10-11-12-13-14-16-21-18-17-20(19-21)15-6-4-2;1-2(4)3(5)6/h17-19H,3-16H2,1-2H3;2,4H,1H3,(H,5,6)/q+1;/p-1. The topological polar surface area (TPSA) is 69.2 Å². The zero-order valence-electron chi connectivity index (χ0n) is 17.9. The van der Waals surface area contributed by atoms with Crippen LogP contribution < -0.4 is 9.67 Å². The molecule has 1 atom stereocenters. The molecule has 0 aliphatic carbocycles. The average Bonchev–Trinajstić information content (AvgIpc) is 3.09. The van der Waals surface area contributed by atoms with Crippen LogP contribution in [-0.2, 0) is 17.9 Å². The number of hydrogen-bond donors (Lipinski definition) is 1. The molecule has 0 aliphatic rings. The molecule has 0 fully saturated rings. The highest BCUT2D eigenvalue weighted by Crippen LogP contribution is 2.10. The lowest BCUT2D eigenvalue weighted by molar-refractivity contribution is -0.696. The second-order valence-electron chi connectivity index (χ2n) is 7.42. The number of unbranched alkanes of at least 4 members (excludes halogenated alkanes) is 10. The first-order valence-electron chi connectivity index (χ1n) is 10.9. The zero-order valence-corrected chi connectivity index (χ0v) is 17.9. The van der Waals surface area contributed by atoms with Gasteiger partial charge in [0.15, 0.2) is 0 Å². The van der Waals surface area contributed by atoms with Gasteiger partial charge in [0.05, 0.1) is 25.2 Å². The number of aromatic nitrogens is 2. The fourth-order valence-electron chi connectivity index (χ4n) is 2.83. The van der Waals surface area contributed by atoms with Crippen LogP contribution in [0, 0.1) is 0 Å². The molecule has 158 valence electrons. The van der Waals surface area contributed by atoms with E-state index in [1.807, 2.05) is 0 Å². The van der Waals surface area contributed by atoms with Crippen molar-refractivity contribution >= 4 is 5.97 Å². The molecule has 0 aromatic carbocycles. The Hall–Kier alpha value is -1.36. The maximum atomic E-state index is 9.34. The van der Waals surface area contributed by atoms with Crippen LogP contribution in [0.25, 0.3) is 0 Å². The van der Waals surface area contributed by atoms with Gasteiger partial charge >= 0.3 is 0 Å². The Morgan fingerprint density at radius 3 is 1.93 bits per heavy atom. The molecule has 1 unspecified atom stereocenters. The smallest absolute Gasteiger partial charge is 0.243 e. The van der Waals surface area contributed by atoms with E-state index in [2.05, 4.69) is 41.7 Å². The summed E-state index contributed by atoms with van der Waals surface area (Å²) >= 11 is 0. The third-order valence-corrected chi connectivity index (χ3v) is 4.63. The van der Waals surface area contributed by atoms with Crippen molar-refractivity contribution < 1.29 is 19.6 Å². The Balaban J connectivity index is 0.000000972. The molecule has 0 bridgehead atoms. The Bertz CT molecular complexity index is 458. The number of carbonyl (C=O) groups is 1. The van der Waals surface area contributed by atoms with Gasteiger partial charge in [-0.2, -0.15) is 0 Å². The number of aliphatic hydroxyl groups excluding tert-OH is 1. The molecule has 0 spiro atoms. The van der Waals surface area contributed by atoms with Gasteiger partial charge in [-0.05, 0) is 26.2 Å². The van der Waals surface area contributed by atoms with E-state index in [0.29, 0.717) is 0 Å². The van der Waals surface area contributed by atoms with Crippen molar-refractivity contribution in [1.29, 1.82) is 0 Å². The van der Waals surface area contributed by atoms with E-state index in [1.54, 1.807) is 0 Å². The van der Waals surface area contributed by atoms with Gasteiger partial charge < -0.3 is 15.0 Å². The van der Waals surface area contributed by atoms with Gasteiger partial charge in [0.2, 0.25) is 6.33 Å². The van der Waals surface area contributed by atoms with E-state index >= 15 is 0 Å². The maximum Gasteiger partial charge on any atom is 0.243 e. The lowest BCUT2D eigenvalue weighted by Gasteiger charge is -2.01. The first-order chi connectivity index (χ1) is 13.0. The highest BCUT2D eigenvalue weighted by atomic mass is 16.4. The second-order valence-corrected chi connectivity index (χ2v) is 7.42. The summed E-state index contributed by atoms with van der Waals surface area (Å²) in [5.41, 5.74) is 0. The van der Waals surface area contributed by atoms with Gasteiger partial charge in [0, 0.05) is 0 Å². The normalized spacial score (nSPS) is 11.7. The number of hydrogen-bond acceptors (Lipinski definition) is 3. The highest BCUT2D eigenvalue weighted by Gasteiger charge is 2.02. The summed E-state index contributed by atoms with van der Waals surface area (Å²) < 4.78 is 4.67. The molecule has 0 saturated carbocycles. The van der Waals surface area contributed by atoms with E-state index in [0.717, 1.165) is 6.92 Å². The molecule has 1 heterocycles.